The SMILES string of the molecule is Cc1ccc2c(CCCN)cn(CCO)c2c1C(=O)O. The van der Waals surface area contributed by atoms with Crippen molar-refractivity contribution >= 4 is 16.9 Å². The molecule has 1 aromatic heterocycles. The summed E-state index contributed by atoms with van der Waals surface area (Å²) < 4.78 is 1.83. The Morgan fingerprint density at radius 3 is 2.75 bits per heavy atom. The van der Waals surface area contributed by atoms with Crippen LogP contribution in [0.1, 0.15) is 27.9 Å². The molecule has 0 atom stereocenters. The van der Waals surface area contributed by atoms with Crippen molar-refractivity contribution in [2.75, 3.05) is 13.2 Å². The molecule has 0 spiro atoms. The second kappa shape index (κ2) is 6.07. The first kappa shape index (κ1) is 14.6. The lowest BCUT2D eigenvalue weighted by atomic mass is 10.0. The summed E-state index contributed by atoms with van der Waals surface area (Å²) >= 11 is 0. The van der Waals surface area contributed by atoms with Crippen molar-refractivity contribution in [3.63, 3.8) is 0 Å². The smallest absolute Gasteiger partial charge is 0.338 e. The van der Waals surface area contributed by atoms with Gasteiger partial charge in [0.2, 0.25) is 0 Å². The molecule has 0 aliphatic rings. The number of carboxylic acids is 1. The molecule has 4 N–H and O–H groups in total. The van der Waals surface area contributed by atoms with Crippen molar-refractivity contribution in [1.29, 1.82) is 0 Å². The fraction of sp³-hybridized carbons (Fsp3) is 0.400. The molecule has 1 aromatic carbocycles. The molecule has 0 saturated carbocycles. The van der Waals surface area contributed by atoms with Crippen molar-refractivity contribution < 1.29 is 15.0 Å². The van der Waals surface area contributed by atoms with E-state index in [9.17, 15) is 15.0 Å². The van der Waals surface area contributed by atoms with Crippen LogP contribution < -0.4 is 5.73 Å². The van der Waals surface area contributed by atoms with Gasteiger partial charge in [0, 0.05) is 18.1 Å². The number of carbonyl (C=O) groups is 1. The van der Waals surface area contributed by atoms with Crippen molar-refractivity contribution in [1.82, 2.24) is 4.57 Å². The summed E-state index contributed by atoms with van der Waals surface area (Å²) in [4.78, 5) is 11.5. The van der Waals surface area contributed by atoms with Gasteiger partial charge in [0.1, 0.15) is 0 Å². The number of hydrogen-bond acceptors (Lipinski definition) is 3. The largest absolute Gasteiger partial charge is 0.478 e. The molecule has 5 nitrogen and oxygen atoms in total. The van der Waals surface area contributed by atoms with E-state index in [1.165, 1.54) is 0 Å². The molecule has 0 unspecified atom stereocenters. The number of aryl methyl sites for hydroxylation is 2. The summed E-state index contributed by atoms with van der Waals surface area (Å²) in [5.41, 5.74) is 8.37. The van der Waals surface area contributed by atoms with Crippen molar-refractivity contribution in [3.05, 3.63) is 35.0 Å². The molecule has 2 rings (SSSR count). The lowest BCUT2D eigenvalue weighted by Crippen LogP contribution is -2.07. The fourth-order valence-electron chi connectivity index (χ4n) is 2.62. The number of benzene rings is 1. The van der Waals surface area contributed by atoms with E-state index in [4.69, 9.17) is 5.73 Å². The summed E-state index contributed by atoms with van der Waals surface area (Å²) in [6.07, 6.45) is 3.60. The number of fused-ring (bicyclic) bond motifs is 1. The van der Waals surface area contributed by atoms with Crippen LogP contribution >= 0.6 is 0 Å². The highest BCUT2D eigenvalue weighted by molar-refractivity contribution is 6.04. The van der Waals surface area contributed by atoms with E-state index in [0.29, 0.717) is 24.2 Å². The highest BCUT2D eigenvalue weighted by atomic mass is 16.4. The molecule has 1 heterocycles. The maximum atomic E-state index is 11.5. The molecule has 20 heavy (non-hydrogen) atoms. The summed E-state index contributed by atoms with van der Waals surface area (Å²) in [5.74, 6) is -0.934. The Kier molecular flexibility index (Phi) is 4.42. The second-order valence-electron chi connectivity index (χ2n) is 4.92. The number of hydrogen-bond donors (Lipinski definition) is 3. The third-order valence-corrected chi connectivity index (χ3v) is 3.54. The van der Waals surface area contributed by atoms with Gasteiger partial charge in [-0.2, -0.15) is 0 Å². The minimum Gasteiger partial charge on any atom is -0.478 e. The average Bonchev–Trinajstić information content (AvgIpc) is 2.74. The van der Waals surface area contributed by atoms with E-state index in [1.807, 2.05) is 22.9 Å². The summed E-state index contributed by atoms with van der Waals surface area (Å²) in [5, 5.41) is 19.6. The van der Waals surface area contributed by atoms with E-state index in [1.54, 1.807) is 6.92 Å². The number of nitrogens with zero attached hydrogens (tertiary/aromatic N) is 1. The van der Waals surface area contributed by atoms with Gasteiger partial charge >= 0.3 is 5.97 Å². The first-order valence-electron chi connectivity index (χ1n) is 6.75. The molecule has 0 amide bonds. The molecule has 2 aromatic rings. The fourth-order valence-corrected chi connectivity index (χ4v) is 2.62. The maximum absolute atomic E-state index is 11.5. The zero-order valence-corrected chi connectivity index (χ0v) is 11.6. The normalized spacial score (nSPS) is 11.2. The van der Waals surface area contributed by atoms with E-state index in [-0.39, 0.29) is 6.61 Å². The Morgan fingerprint density at radius 1 is 1.40 bits per heavy atom. The van der Waals surface area contributed by atoms with Crippen LogP contribution in [0, 0.1) is 6.92 Å². The zero-order valence-electron chi connectivity index (χ0n) is 11.6. The van der Waals surface area contributed by atoms with E-state index in [2.05, 4.69) is 0 Å². The van der Waals surface area contributed by atoms with Crippen LogP contribution in [0.2, 0.25) is 0 Å². The minimum absolute atomic E-state index is 0.0207. The predicted molar refractivity (Wildman–Crippen MR) is 78.1 cm³/mol. The Bertz CT molecular complexity index is 632. The Labute approximate surface area is 117 Å². The first-order valence-corrected chi connectivity index (χ1v) is 6.75. The van der Waals surface area contributed by atoms with Gasteiger partial charge in [-0.05, 0) is 37.4 Å². The van der Waals surface area contributed by atoms with Crippen molar-refractivity contribution in [2.45, 2.75) is 26.3 Å². The van der Waals surface area contributed by atoms with Gasteiger partial charge in [-0.3, -0.25) is 0 Å². The lowest BCUT2D eigenvalue weighted by Gasteiger charge is -2.08. The number of aromatic carboxylic acids is 1. The standard InChI is InChI=1S/C15H20N2O3/c1-10-4-5-12-11(3-2-6-16)9-17(7-8-18)14(12)13(10)15(19)20/h4-5,9,18H,2-3,6-8,16H2,1H3,(H,19,20). The zero-order chi connectivity index (χ0) is 14.7. The Morgan fingerprint density at radius 2 is 2.15 bits per heavy atom. The topological polar surface area (TPSA) is 88.5 Å². The second-order valence-corrected chi connectivity index (χ2v) is 4.92. The Hall–Kier alpha value is -1.85. The number of carboxylic acid groups (broad SMARTS) is 1. The van der Waals surface area contributed by atoms with Gasteiger partial charge in [-0.25, -0.2) is 4.79 Å². The van der Waals surface area contributed by atoms with Gasteiger partial charge < -0.3 is 20.5 Å². The monoisotopic (exact) mass is 276 g/mol. The first-order chi connectivity index (χ1) is 9.60. The number of nitrogens with two attached hydrogens (primary N) is 1. The molecule has 0 bridgehead atoms. The number of aromatic nitrogens is 1. The highest BCUT2D eigenvalue weighted by Gasteiger charge is 2.18. The minimum atomic E-state index is -0.934. The van der Waals surface area contributed by atoms with Gasteiger partial charge in [-0.1, -0.05) is 12.1 Å². The quantitative estimate of drug-likeness (QED) is 0.746. The highest BCUT2D eigenvalue weighted by Crippen LogP contribution is 2.28. The molecule has 0 fully saturated rings. The molecule has 0 saturated heterocycles. The van der Waals surface area contributed by atoms with Gasteiger partial charge in [-0.15, -0.1) is 0 Å². The van der Waals surface area contributed by atoms with Gasteiger partial charge in [0.05, 0.1) is 17.7 Å². The van der Waals surface area contributed by atoms with Crippen LogP contribution in [0.5, 0.6) is 0 Å². The van der Waals surface area contributed by atoms with E-state index < -0.39 is 5.97 Å². The molecule has 0 aliphatic carbocycles. The lowest BCUT2D eigenvalue weighted by molar-refractivity contribution is 0.0697. The Balaban J connectivity index is 2.68. The predicted octanol–water partition coefficient (Wildman–Crippen LogP) is 1.53. The van der Waals surface area contributed by atoms with Crippen LogP contribution in [-0.2, 0) is 13.0 Å². The van der Waals surface area contributed by atoms with Crippen LogP contribution in [-0.4, -0.2) is 33.9 Å². The van der Waals surface area contributed by atoms with Crippen LogP contribution in [0.4, 0.5) is 0 Å². The van der Waals surface area contributed by atoms with Crippen LogP contribution in [0.15, 0.2) is 18.3 Å². The number of aliphatic hydroxyl groups excluding tert-OH is 1. The average molecular weight is 276 g/mol. The third kappa shape index (κ3) is 2.55. The molecular weight excluding hydrogens is 256 g/mol. The van der Waals surface area contributed by atoms with Gasteiger partial charge in [0.15, 0.2) is 0 Å². The maximum Gasteiger partial charge on any atom is 0.338 e. The van der Waals surface area contributed by atoms with Crippen LogP contribution in [0.25, 0.3) is 10.9 Å². The number of rotatable bonds is 6. The number of aliphatic hydroxyl groups is 1. The van der Waals surface area contributed by atoms with Crippen LogP contribution in [0.3, 0.4) is 0 Å². The van der Waals surface area contributed by atoms with Crippen molar-refractivity contribution in [3.8, 4) is 0 Å². The van der Waals surface area contributed by atoms with E-state index >= 15 is 0 Å². The molecule has 5 heteroatoms. The summed E-state index contributed by atoms with van der Waals surface area (Å²) in [6, 6.07) is 3.79. The molecular formula is C15H20N2O3. The van der Waals surface area contributed by atoms with Crippen molar-refractivity contribution in [2.24, 2.45) is 5.73 Å². The molecule has 108 valence electrons. The summed E-state index contributed by atoms with van der Waals surface area (Å²) in [7, 11) is 0. The van der Waals surface area contributed by atoms with E-state index in [0.717, 1.165) is 29.4 Å². The molecule has 0 aliphatic heterocycles. The molecule has 0 radical (unpaired) electrons. The van der Waals surface area contributed by atoms with Gasteiger partial charge in [0.25, 0.3) is 0 Å². The summed E-state index contributed by atoms with van der Waals surface area (Å²) in [6.45, 7) is 2.76. The third-order valence-electron chi connectivity index (χ3n) is 3.54.